The van der Waals surface area contributed by atoms with Crippen molar-refractivity contribution in [1.29, 1.82) is 0 Å². The quantitative estimate of drug-likeness (QED) is 0.543. The van der Waals surface area contributed by atoms with Crippen LogP contribution in [0.5, 0.6) is 0 Å². The normalized spacial score (nSPS) is 35.4. The van der Waals surface area contributed by atoms with Gasteiger partial charge in [0, 0.05) is 35.5 Å². The van der Waals surface area contributed by atoms with E-state index in [1.807, 2.05) is 11.8 Å². The highest BCUT2D eigenvalue weighted by Gasteiger charge is 2.49. The van der Waals surface area contributed by atoms with Crippen LogP contribution in [-0.4, -0.2) is 65.9 Å². The Balaban J connectivity index is 0.00000225. The summed E-state index contributed by atoms with van der Waals surface area (Å²) in [6.45, 7) is 2.39. The molecule has 144 valence electrons. The highest BCUT2D eigenvalue weighted by Crippen LogP contribution is 2.47. The number of alkyl halides is 1. The van der Waals surface area contributed by atoms with E-state index in [0.29, 0.717) is 23.2 Å². The number of carbonyl (C=O) groups is 2. The van der Waals surface area contributed by atoms with Crippen LogP contribution in [0, 0.1) is 17.8 Å². The van der Waals surface area contributed by atoms with Crippen molar-refractivity contribution in [3.8, 4) is 0 Å². The minimum Gasteiger partial charge on any atom is -0.469 e. The molecule has 1 amide bonds. The first kappa shape index (κ1) is 21.0. The van der Waals surface area contributed by atoms with E-state index in [-0.39, 0.29) is 31.3 Å². The number of nitrogens with one attached hydrogen (secondary N) is 1. The molecule has 2 aliphatic carbocycles. The minimum absolute atomic E-state index is 0. The van der Waals surface area contributed by atoms with Gasteiger partial charge in [-0.15, -0.1) is 0 Å². The zero-order valence-electron chi connectivity index (χ0n) is 14.2. The number of methoxy groups -OCH3 is 1. The molecule has 3 aliphatic rings. The van der Waals surface area contributed by atoms with Crippen LogP contribution >= 0.6 is 27.7 Å². The van der Waals surface area contributed by atoms with Gasteiger partial charge < -0.3 is 10.1 Å². The van der Waals surface area contributed by atoms with Gasteiger partial charge in [0.15, 0.2) is 0 Å². The van der Waals surface area contributed by atoms with Crippen molar-refractivity contribution in [2.45, 2.75) is 44.0 Å². The molecule has 2 saturated carbocycles. The molecule has 1 saturated heterocycles. The number of fused-ring (bicyclic) bond motifs is 1. The molecule has 0 bridgehead atoms. The second-order valence-corrected chi connectivity index (χ2v) is 9.70. The van der Waals surface area contributed by atoms with Crippen LogP contribution in [0.4, 0.5) is 0 Å². The second-order valence-electron chi connectivity index (χ2n) is 7.18. The predicted octanol–water partition coefficient (Wildman–Crippen LogP) is 2.53. The van der Waals surface area contributed by atoms with Gasteiger partial charge in [-0.05, 0) is 37.5 Å². The van der Waals surface area contributed by atoms with Gasteiger partial charge in [0.25, 0.3) is 0 Å². The van der Waals surface area contributed by atoms with E-state index in [0.717, 1.165) is 50.3 Å². The van der Waals surface area contributed by atoms with E-state index < -0.39 is 0 Å². The fourth-order valence-electron chi connectivity index (χ4n) is 4.51. The van der Waals surface area contributed by atoms with Gasteiger partial charge in [-0.3, -0.25) is 14.5 Å². The van der Waals surface area contributed by atoms with E-state index in [4.69, 9.17) is 4.74 Å². The maximum absolute atomic E-state index is 12.6. The minimum atomic E-state index is -0.191. The fourth-order valence-corrected chi connectivity index (χ4v) is 6.19. The Kier molecular flexibility index (Phi) is 8.08. The smallest absolute Gasteiger partial charge is 0.310 e. The summed E-state index contributed by atoms with van der Waals surface area (Å²) in [6, 6.07) is -0.0746. The van der Waals surface area contributed by atoms with Gasteiger partial charge in [-0.1, -0.05) is 23.4 Å². The highest BCUT2D eigenvalue weighted by atomic mass is 79.9. The van der Waals surface area contributed by atoms with Crippen LogP contribution < -0.4 is 5.32 Å². The third kappa shape index (κ3) is 5.13. The number of amides is 1. The molecule has 25 heavy (non-hydrogen) atoms. The first-order valence-corrected chi connectivity index (χ1v) is 11.0. The molecular weight excluding hydrogens is 404 g/mol. The Morgan fingerprint density at radius 1 is 1.24 bits per heavy atom. The van der Waals surface area contributed by atoms with Crippen LogP contribution in [0.1, 0.15) is 33.1 Å². The van der Waals surface area contributed by atoms with Gasteiger partial charge in [0.1, 0.15) is 0 Å². The molecule has 1 aliphatic heterocycles. The van der Waals surface area contributed by atoms with Crippen molar-refractivity contribution in [2.24, 2.45) is 17.8 Å². The predicted molar refractivity (Wildman–Crippen MR) is 106 cm³/mol. The summed E-state index contributed by atoms with van der Waals surface area (Å²) in [7, 11) is 1.45. The molecule has 1 heterocycles. The van der Waals surface area contributed by atoms with Gasteiger partial charge in [-0.25, -0.2) is 0 Å². The summed E-state index contributed by atoms with van der Waals surface area (Å²) < 4.78 is 5.01. The molecule has 0 aromatic heterocycles. The van der Waals surface area contributed by atoms with E-state index in [2.05, 4.69) is 26.1 Å². The lowest BCUT2D eigenvalue weighted by atomic mass is 9.80. The molecule has 1 N–H and O–H groups in total. The first-order chi connectivity index (χ1) is 11.6. The lowest BCUT2D eigenvalue weighted by Gasteiger charge is -2.33. The Labute approximate surface area is 164 Å². The van der Waals surface area contributed by atoms with Gasteiger partial charge >= 0.3 is 5.97 Å². The van der Waals surface area contributed by atoms with Crippen molar-refractivity contribution < 1.29 is 14.3 Å². The lowest BCUT2D eigenvalue weighted by Crippen LogP contribution is -2.49. The van der Waals surface area contributed by atoms with E-state index in [9.17, 15) is 9.59 Å². The van der Waals surface area contributed by atoms with Crippen LogP contribution in [0.2, 0.25) is 0 Å². The number of hydrogen-bond acceptors (Lipinski definition) is 5. The number of esters is 1. The van der Waals surface area contributed by atoms with Crippen molar-refractivity contribution in [2.75, 3.05) is 38.2 Å². The molecule has 3 fully saturated rings. The first-order valence-electron chi connectivity index (χ1n) is 8.90. The number of halogens is 1. The number of thioether (sulfide) groups is 1. The van der Waals surface area contributed by atoms with Crippen LogP contribution in [0.25, 0.3) is 0 Å². The van der Waals surface area contributed by atoms with Gasteiger partial charge in [0.2, 0.25) is 5.91 Å². The van der Waals surface area contributed by atoms with E-state index in [1.54, 1.807) is 0 Å². The summed E-state index contributed by atoms with van der Waals surface area (Å²) in [5.74, 6) is 2.79. The lowest BCUT2D eigenvalue weighted by molar-refractivity contribution is -0.146. The van der Waals surface area contributed by atoms with Crippen molar-refractivity contribution >= 4 is 39.6 Å². The standard InChI is InChI=1S/C17H27BrN2O3S.CH4/c1-23-17(22)14-8-11-2-3-12(18)9-13(11)16(14)19-15(21)10-20-4-6-24-7-5-20;/h11-14,16H,2-10H2,1H3,(H,19,21);1H4. The van der Waals surface area contributed by atoms with Crippen molar-refractivity contribution in [1.82, 2.24) is 10.2 Å². The third-order valence-electron chi connectivity index (χ3n) is 5.74. The van der Waals surface area contributed by atoms with E-state index >= 15 is 0 Å². The van der Waals surface area contributed by atoms with Crippen molar-refractivity contribution in [3.63, 3.8) is 0 Å². The molecule has 0 radical (unpaired) electrons. The Morgan fingerprint density at radius 3 is 2.64 bits per heavy atom. The topological polar surface area (TPSA) is 58.6 Å². The van der Waals surface area contributed by atoms with Crippen molar-refractivity contribution in [3.05, 3.63) is 0 Å². The summed E-state index contributed by atoms with van der Waals surface area (Å²) in [5, 5.41) is 3.20. The summed E-state index contributed by atoms with van der Waals surface area (Å²) in [6.07, 6.45) is 4.16. The molecule has 5 atom stereocenters. The largest absolute Gasteiger partial charge is 0.469 e. The Morgan fingerprint density at radius 2 is 1.96 bits per heavy atom. The van der Waals surface area contributed by atoms with Crippen LogP contribution in [-0.2, 0) is 14.3 Å². The van der Waals surface area contributed by atoms with Crippen LogP contribution in [0.3, 0.4) is 0 Å². The molecule has 0 aromatic carbocycles. The average Bonchev–Trinajstić information content (AvgIpc) is 2.93. The molecule has 5 nitrogen and oxygen atoms in total. The number of hydrogen-bond donors (Lipinski definition) is 1. The fraction of sp³-hybridized carbons (Fsp3) is 0.889. The molecule has 5 unspecified atom stereocenters. The SMILES string of the molecule is C.COC(=O)C1CC2CCC(Br)CC2C1NC(=O)CN1CCSCC1. The average molecular weight is 435 g/mol. The maximum Gasteiger partial charge on any atom is 0.310 e. The monoisotopic (exact) mass is 434 g/mol. The van der Waals surface area contributed by atoms with Gasteiger partial charge in [-0.2, -0.15) is 11.8 Å². The highest BCUT2D eigenvalue weighted by molar-refractivity contribution is 9.09. The molecule has 7 heteroatoms. The molecule has 0 aromatic rings. The molecule has 3 rings (SSSR count). The third-order valence-corrected chi connectivity index (χ3v) is 7.51. The Hall–Kier alpha value is -0.270. The zero-order chi connectivity index (χ0) is 17.1. The van der Waals surface area contributed by atoms with E-state index in [1.165, 1.54) is 7.11 Å². The van der Waals surface area contributed by atoms with Crippen LogP contribution in [0.15, 0.2) is 0 Å². The maximum atomic E-state index is 12.6. The second kappa shape index (κ2) is 9.60. The molecular formula is C18H31BrN2O3S. The molecule has 0 spiro atoms. The number of carbonyl (C=O) groups excluding carboxylic acids is 2. The number of rotatable bonds is 4. The Bertz CT molecular complexity index is 473. The summed E-state index contributed by atoms with van der Waals surface area (Å²) in [5.41, 5.74) is 0. The van der Waals surface area contributed by atoms with Gasteiger partial charge in [0.05, 0.1) is 19.6 Å². The zero-order valence-corrected chi connectivity index (χ0v) is 16.6. The summed E-state index contributed by atoms with van der Waals surface area (Å²) in [4.78, 5) is 27.5. The number of nitrogens with zero attached hydrogens (tertiary/aromatic N) is 1. The number of ether oxygens (including phenoxy) is 1. The summed E-state index contributed by atoms with van der Waals surface area (Å²) >= 11 is 5.67.